The van der Waals surface area contributed by atoms with Gasteiger partial charge in [-0.3, -0.25) is 9.79 Å². The summed E-state index contributed by atoms with van der Waals surface area (Å²) in [6.45, 7) is 1.99. The van der Waals surface area contributed by atoms with Crippen molar-refractivity contribution >= 4 is 11.9 Å². The molecule has 2 aromatic carbocycles. The molecule has 0 unspecified atom stereocenters. The number of carbonyl (C=O) groups excluding carboxylic acids is 1. The Labute approximate surface area is 161 Å². The van der Waals surface area contributed by atoms with Gasteiger partial charge in [0.1, 0.15) is 12.4 Å². The third-order valence-corrected chi connectivity index (χ3v) is 4.00. The fourth-order valence-corrected chi connectivity index (χ4v) is 2.52. The molecule has 0 spiro atoms. The maximum atomic E-state index is 12.0. The first-order chi connectivity index (χ1) is 13.2. The average Bonchev–Trinajstić information content (AvgIpc) is 2.70. The van der Waals surface area contributed by atoms with Crippen LogP contribution in [0.4, 0.5) is 0 Å². The van der Waals surface area contributed by atoms with Crippen LogP contribution < -0.4 is 15.4 Å². The molecule has 0 aromatic heterocycles. The SMILES string of the molecule is CN=C(NCC(=O)NCCc1ccccc1)N(C)CCOc1ccccc1. The highest BCUT2D eigenvalue weighted by atomic mass is 16.5. The maximum Gasteiger partial charge on any atom is 0.239 e. The van der Waals surface area contributed by atoms with Gasteiger partial charge in [0.2, 0.25) is 5.91 Å². The summed E-state index contributed by atoms with van der Waals surface area (Å²) < 4.78 is 5.69. The summed E-state index contributed by atoms with van der Waals surface area (Å²) in [6.07, 6.45) is 0.817. The number of aliphatic imine (C=N–C) groups is 1. The predicted octanol–water partition coefficient (Wildman–Crippen LogP) is 1.93. The van der Waals surface area contributed by atoms with Crippen molar-refractivity contribution in [2.24, 2.45) is 4.99 Å². The maximum absolute atomic E-state index is 12.0. The Morgan fingerprint density at radius 3 is 2.37 bits per heavy atom. The molecular formula is C21H28N4O2. The van der Waals surface area contributed by atoms with Crippen LogP contribution in [0.5, 0.6) is 5.75 Å². The number of guanidine groups is 1. The number of hydrogen-bond donors (Lipinski definition) is 2. The Hall–Kier alpha value is -3.02. The number of amides is 1. The lowest BCUT2D eigenvalue weighted by molar-refractivity contribution is -0.120. The lowest BCUT2D eigenvalue weighted by Gasteiger charge is -2.22. The van der Waals surface area contributed by atoms with Crippen LogP contribution in [0, 0.1) is 0 Å². The molecule has 6 nitrogen and oxygen atoms in total. The molecule has 0 aliphatic rings. The quantitative estimate of drug-likeness (QED) is 0.524. The third kappa shape index (κ3) is 7.81. The van der Waals surface area contributed by atoms with E-state index < -0.39 is 0 Å². The first-order valence-electron chi connectivity index (χ1n) is 9.09. The van der Waals surface area contributed by atoms with E-state index in [4.69, 9.17) is 4.74 Å². The van der Waals surface area contributed by atoms with Crippen molar-refractivity contribution < 1.29 is 9.53 Å². The summed E-state index contributed by atoms with van der Waals surface area (Å²) >= 11 is 0. The number of ether oxygens (including phenoxy) is 1. The predicted molar refractivity (Wildman–Crippen MR) is 109 cm³/mol. The molecule has 0 radical (unpaired) electrons. The Morgan fingerprint density at radius 2 is 1.70 bits per heavy atom. The summed E-state index contributed by atoms with van der Waals surface area (Å²) in [4.78, 5) is 18.1. The fraction of sp³-hybridized carbons (Fsp3) is 0.333. The number of likely N-dealkylation sites (N-methyl/N-ethyl adjacent to an activating group) is 1. The van der Waals surface area contributed by atoms with E-state index in [0.29, 0.717) is 25.7 Å². The van der Waals surface area contributed by atoms with Crippen molar-refractivity contribution in [1.29, 1.82) is 0 Å². The number of para-hydroxylation sites is 1. The first kappa shape index (κ1) is 20.3. The molecule has 0 fully saturated rings. The normalized spacial score (nSPS) is 11.0. The molecule has 0 aliphatic carbocycles. The van der Waals surface area contributed by atoms with Gasteiger partial charge in [-0.15, -0.1) is 0 Å². The third-order valence-electron chi connectivity index (χ3n) is 4.00. The molecule has 0 saturated carbocycles. The van der Waals surface area contributed by atoms with Gasteiger partial charge in [-0.1, -0.05) is 48.5 Å². The summed E-state index contributed by atoms with van der Waals surface area (Å²) in [7, 11) is 3.61. The summed E-state index contributed by atoms with van der Waals surface area (Å²) in [5.41, 5.74) is 1.21. The van der Waals surface area contributed by atoms with Crippen LogP contribution in [0.1, 0.15) is 5.56 Å². The molecule has 1 amide bonds. The number of hydrogen-bond acceptors (Lipinski definition) is 3. The minimum absolute atomic E-state index is 0.0546. The Kier molecular flexibility index (Phi) is 8.69. The van der Waals surface area contributed by atoms with Crippen molar-refractivity contribution in [3.8, 4) is 5.75 Å². The average molecular weight is 368 g/mol. The van der Waals surface area contributed by atoms with Gasteiger partial charge in [-0.05, 0) is 24.1 Å². The highest BCUT2D eigenvalue weighted by molar-refractivity contribution is 5.86. The standard InChI is InChI=1S/C21H28N4O2/c1-22-21(25(2)15-16-27-19-11-7-4-8-12-19)24-17-20(26)23-14-13-18-9-5-3-6-10-18/h3-12H,13-17H2,1-2H3,(H,22,24)(H,23,26). The van der Waals surface area contributed by atoms with Crippen LogP contribution in [0.15, 0.2) is 65.7 Å². The van der Waals surface area contributed by atoms with Crippen LogP contribution >= 0.6 is 0 Å². The number of rotatable bonds is 9. The number of nitrogens with zero attached hydrogens (tertiary/aromatic N) is 2. The van der Waals surface area contributed by atoms with Crippen LogP contribution in [0.3, 0.4) is 0 Å². The van der Waals surface area contributed by atoms with Gasteiger partial charge >= 0.3 is 0 Å². The largest absolute Gasteiger partial charge is 0.492 e. The molecule has 144 valence electrons. The van der Waals surface area contributed by atoms with E-state index in [1.807, 2.05) is 60.5 Å². The smallest absolute Gasteiger partial charge is 0.239 e. The molecule has 2 aromatic rings. The Morgan fingerprint density at radius 1 is 1.04 bits per heavy atom. The topological polar surface area (TPSA) is 66.0 Å². The minimum Gasteiger partial charge on any atom is -0.492 e. The van der Waals surface area contributed by atoms with Gasteiger partial charge in [0.25, 0.3) is 0 Å². The Balaban J connectivity index is 1.63. The lowest BCUT2D eigenvalue weighted by Crippen LogP contribution is -2.45. The monoisotopic (exact) mass is 368 g/mol. The minimum atomic E-state index is -0.0546. The van der Waals surface area contributed by atoms with Crippen molar-refractivity contribution in [3.63, 3.8) is 0 Å². The second-order valence-corrected chi connectivity index (χ2v) is 6.07. The molecule has 0 aliphatic heterocycles. The molecule has 2 rings (SSSR count). The summed E-state index contributed by atoms with van der Waals surface area (Å²) in [5.74, 6) is 1.44. The molecular weight excluding hydrogens is 340 g/mol. The first-order valence-corrected chi connectivity index (χ1v) is 9.09. The van der Waals surface area contributed by atoms with E-state index in [0.717, 1.165) is 12.2 Å². The van der Waals surface area contributed by atoms with Crippen molar-refractivity contribution in [3.05, 3.63) is 66.2 Å². The molecule has 2 N–H and O–H groups in total. The highest BCUT2D eigenvalue weighted by Gasteiger charge is 2.08. The molecule has 27 heavy (non-hydrogen) atoms. The molecule has 0 bridgehead atoms. The molecule has 0 heterocycles. The van der Waals surface area contributed by atoms with Crippen LogP contribution in [-0.2, 0) is 11.2 Å². The number of carbonyl (C=O) groups is 1. The van der Waals surface area contributed by atoms with E-state index in [1.165, 1.54) is 5.56 Å². The lowest BCUT2D eigenvalue weighted by atomic mass is 10.1. The van der Waals surface area contributed by atoms with E-state index in [1.54, 1.807) is 7.05 Å². The summed E-state index contributed by atoms with van der Waals surface area (Å²) in [5, 5.41) is 5.99. The van der Waals surface area contributed by atoms with Crippen molar-refractivity contribution in [2.45, 2.75) is 6.42 Å². The van der Waals surface area contributed by atoms with Gasteiger partial charge in [0.05, 0.1) is 13.1 Å². The zero-order valence-corrected chi connectivity index (χ0v) is 16.0. The van der Waals surface area contributed by atoms with E-state index >= 15 is 0 Å². The highest BCUT2D eigenvalue weighted by Crippen LogP contribution is 2.07. The summed E-state index contributed by atoms with van der Waals surface area (Å²) in [6, 6.07) is 19.8. The van der Waals surface area contributed by atoms with E-state index in [-0.39, 0.29) is 12.5 Å². The van der Waals surface area contributed by atoms with Gasteiger partial charge in [0.15, 0.2) is 5.96 Å². The van der Waals surface area contributed by atoms with Crippen LogP contribution in [0.2, 0.25) is 0 Å². The van der Waals surface area contributed by atoms with Crippen molar-refractivity contribution in [1.82, 2.24) is 15.5 Å². The zero-order valence-electron chi connectivity index (χ0n) is 16.0. The van der Waals surface area contributed by atoms with Crippen molar-refractivity contribution in [2.75, 3.05) is 40.3 Å². The van der Waals surface area contributed by atoms with Crippen LogP contribution in [-0.4, -0.2) is 57.1 Å². The van der Waals surface area contributed by atoms with Crippen LogP contribution in [0.25, 0.3) is 0 Å². The Bertz CT molecular complexity index is 705. The molecule has 0 atom stereocenters. The van der Waals surface area contributed by atoms with Gasteiger partial charge in [-0.25, -0.2) is 0 Å². The van der Waals surface area contributed by atoms with Gasteiger partial charge in [0, 0.05) is 20.6 Å². The number of nitrogens with one attached hydrogen (secondary N) is 2. The van der Waals surface area contributed by atoms with E-state index in [9.17, 15) is 4.79 Å². The second kappa shape index (κ2) is 11.6. The fourth-order valence-electron chi connectivity index (χ4n) is 2.52. The molecule has 6 heteroatoms. The number of benzene rings is 2. The van der Waals surface area contributed by atoms with Gasteiger partial charge < -0.3 is 20.3 Å². The zero-order chi connectivity index (χ0) is 19.3. The van der Waals surface area contributed by atoms with Gasteiger partial charge in [-0.2, -0.15) is 0 Å². The van der Waals surface area contributed by atoms with E-state index in [2.05, 4.69) is 27.8 Å². The second-order valence-electron chi connectivity index (χ2n) is 6.07. The molecule has 0 saturated heterocycles.